The Labute approximate surface area is 158 Å². The van der Waals surface area contributed by atoms with Crippen LogP contribution < -0.4 is 0 Å². The van der Waals surface area contributed by atoms with Gasteiger partial charge in [-0.2, -0.15) is 8.42 Å². The van der Waals surface area contributed by atoms with E-state index in [1.165, 1.54) is 29.7 Å². The lowest BCUT2D eigenvalue weighted by atomic mass is 9.87. The molecule has 1 heterocycles. The van der Waals surface area contributed by atoms with Gasteiger partial charge in [0.05, 0.1) is 6.26 Å². The van der Waals surface area contributed by atoms with Gasteiger partial charge in [-0.05, 0) is 53.4 Å². The Morgan fingerprint density at radius 1 is 0.962 bits per heavy atom. The van der Waals surface area contributed by atoms with Crippen molar-refractivity contribution in [3.05, 3.63) is 66.4 Å². The van der Waals surface area contributed by atoms with Crippen molar-refractivity contribution in [2.45, 2.75) is 40.9 Å². The van der Waals surface area contributed by atoms with E-state index in [1.54, 1.807) is 18.2 Å². The van der Waals surface area contributed by atoms with E-state index in [4.69, 9.17) is 4.42 Å². The Morgan fingerprint density at radius 2 is 1.62 bits per heavy atom. The third-order valence-electron chi connectivity index (χ3n) is 3.97. The Kier molecular flexibility index (Phi) is 5.01. The highest BCUT2D eigenvalue weighted by atomic mass is 32.2. The molecule has 0 aliphatic rings. The lowest BCUT2D eigenvalue weighted by Crippen LogP contribution is -2.10. The van der Waals surface area contributed by atoms with Gasteiger partial charge in [-0.3, -0.25) is 4.55 Å². The molecule has 0 radical (unpaired) electrons. The van der Waals surface area contributed by atoms with E-state index in [0.717, 1.165) is 9.79 Å². The van der Waals surface area contributed by atoms with Crippen molar-refractivity contribution in [3.8, 4) is 11.3 Å². The Bertz CT molecular complexity index is 997. The number of hydrogen-bond donors (Lipinski definition) is 1. The van der Waals surface area contributed by atoms with E-state index < -0.39 is 10.1 Å². The van der Waals surface area contributed by atoms with Crippen molar-refractivity contribution >= 4 is 21.9 Å². The predicted octanol–water partition coefficient (Wildman–Crippen LogP) is 5.64. The van der Waals surface area contributed by atoms with E-state index in [0.29, 0.717) is 11.3 Å². The first-order chi connectivity index (χ1) is 12.1. The van der Waals surface area contributed by atoms with Crippen LogP contribution in [0.1, 0.15) is 26.3 Å². The molecule has 26 heavy (non-hydrogen) atoms. The second kappa shape index (κ2) is 6.95. The number of rotatable bonds is 4. The van der Waals surface area contributed by atoms with E-state index in [2.05, 4.69) is 32.9 Å². The summed E-state index contributed by atoms with van der Waals surface area (Å²) < 4.78 is 38.5. The van der Waals surface area contributed by atoms with E-state index >= 15 is 0 Å². The van der Waals surface area contributed by atoms with Crippen LogP contribution in [0.5, 0.6) is 0 Å². The molecular formula is C20H20O4S2. The minimum Gasteiger partial charge on any atom is -0.464 e. The summed E-state index contributed by atoms with van der Waals surface area (Å²) in [5, 5.41) is 0. The molecule has 0 atom stereocenters. The normalized spacial score (nSPS) is 12.3. The third kappa shape index (κ3) is 4.20. The molecule has 0 fully saturated rings. The molecule has 6 heteroatoms. The Morgan fingerprint density at radius 3 is 2.15 bits per heavy atom. The zero-order valence-corrected chi connectivity index (χ0v) is 16.4. The smallest absolute Gasteiger partial charge is 0.295 e. The molecule has 1 N–H and O–H groups in total. The fraction of sp³-hybridized carbons (Fsp3) is 0.200. The number of benzene rings is 2. The van der Waals surface area contributed by atoms with Crippen LogP contribution in [0.25, 0.3) is 11.3 Å². The van der Waals surface area contributed by atoms with Gasteiger partial charge in [0.25, 0.3) is 10.1 Å². The van der Waals surface area contributed by atoms with Crippen LogP contribution in [0.15, 0.2) is 80.0 Å². The summed E-state index contributed by atoms with van der Waals surface area (Å²) in [5.41, 5.74) is 1.64. The maximum atomic E-state index is 11.8. The fourth-order valence-electron chi connectivity index (χ4n) is 2.57. The van der Waals surface area contributed by atoms with Crippen molar-refractivity contribution in [2.75, 3.05) is 0 Å². The van der Waals surface area contributed by atoms with Gasteiger partial charge in [-0.15, -0.1) is 0 Å². The summed E-state index contributed by atoms with van der Waals surface area (Å²) in [7, 11) is -4.37. The number of furan rings is 1. The van der Waals surface area contributed by atoms with Crippen LogP contribution in [0.4, 0.5) is 0 Å². The molecule has 3 rings (SSSR count). The zero-order chi connectivity index (χ0) is 18.9. The first kappa shape index (κ1) is 18.8. The van der Waals surface area contributed by atoms with Crippen LogP contribution in [-0.4, -0.2) is 13.0 Å². The van der Waals surface area contributed by atoms with Crippen LogP contribution in [0.3, 0.4) is 0 Å². The van der Waals surface area contributed by atoms with E-state index in [9.17, 15) is 13.0 Å². The zero-order valence-electron chi connectivity index (χ0n) is 14.8. The van der Waals surface area contributed by atoms with Crippen molar-refractivity contribution < 1.29 is 17.4 Å². The first-order valence-electron chi connectivity index (χ1n) is 8.08. The first-order valence-corrected chi connectivity index (χ1v) is 10.3. The molecule has 0 saturated heterocycles. The maximum Gasteiger partial charge on any atom is 0.295 e. The highest BCUT2D eigenvalue weighted by molar-refractivity contribution is 7.99. The summed E-state index contributed by atoms with van der Waals surface area (Å²) in [6.07, 6.45) is 1.46. The lowest BCUT2D eigenvalue weighted by Gasteiger charge is -2.19. The highest BCUT2D eigenvalue weighted by Gasteiger charge is 2.19. The van der Waals surface area contributed by atoms with Crippen LogP contribution in [0.2, 0.25) is 0 Å². The molecule has 4 nitrogen and oxygen atoms in total. The van der Waals surface area contributed by atoms with Crippen molar-refractivity contribution in [1.82, 2.24) is 0 Å². The minimum absolute atomic E-state index is 0.0754. The summed E-state index contributed by atoms with van der Waals surface area (Å²) >= 11 is 1.44. The van der Waals surface area contributed by atoms with Crippen molar-refractivity contribution in [2.24, 2.45) is 0 Å². The van der Waals surface area contributed by atoms with E-state index in [1.807, 2.05) is 18.2 Å². The average molecular weight is 389 g/mol. The molecule has 3 aromatic rings. The van der Waals surface area contributed by atoms with Crippen LogP contribution in [0, 0.1) is 0 Å². The SMILES string of the molecule is CC(C)(C)c1ccc(Sc2ccc(-c3ccco3)c(S(=O)(=O)O)c2)cc1. The molecule has 0 amide bonds. The number of hydrogen-bond acceptors (Lipinski definition) is 4. The van der Waals surface area contributed by atoms with Crippen molar-refractivity contribution in [3.63, 3.8) is 0 Å². The van der Waals surface area contributed by atoms with Crippen LogP contribution in [-0.2, 0) is 15.5 Å². The molecule has 0 spiro atoms. The Balaban J connectivity index is 1.94. The van der Waals surface area contributed by atoms with E-state index in [-0.39, 0.29) is 10.3 Å². The third-order valence-corrected chi connectivity index (χ3v) is 5.86. The van der Waals surface area contributed by atoms with Gasteiger partial charge in [0, 0.05) is 15.4 Å². The monoisotopic (exact) mass is 388 g/mol. The minimum atomic E-state index is -4.37. The second-order valence-electron chi connectivity index (χ2n) is 6.99. The molecule has 0 aliphatic heterocycles. The molecular weight excluding hydrogens is 368 g/mol. The quantitative estimate of drug-likeness (QED) is 0.586. The molecule has 0 unspecified atom stereocenters. The van der Waals surface area contributed by atoms with Gasteiger partial charge >= 0.3 is 0 Å². The predicted molar refractivity (Wildman–Crippen MR) is 103 cm³/mol. The molecule has 0 aliphatic carbocycles. The van der Waals surface area contributed by atoms with Gasteiger partial charge in [0.2, 0.25) is 0 Å². The standard InChI is InChI=1S/C20H20O4S2/c1-20(2,3)14-6-8-15(9-7-14)25-16-10-11-17(18-5-4-12-24-18)19(13-16)26(21,22)23/h4-13H,1-3H3,(H,21,22,23). The lowest BCUT2D eigenvalue weighted by molar-refractivity contribution is 0.482. The second-order valence-corrected chi connectivity index (χ2v) is 9.52. The topological polar surface area (TPSA) is 67.5 Å². The average Bonchev–Trinajstić information content (AvgIpc) is 3.08. The summed E-state index contributed by atoms with van der Waals surface area (Å²) in [6, 6.07) is 16.4. The molecule has 0 bridgehead atoms. The highest BCUT2D eigenvalue weighted by Crippen LogP contribution is 2.35. The van der Waals surface area contributed by atoms with Gasteiger partial charge in [0.15, 0.2) is 0 Å². The van der Waals surface area contributed by atoms with Gasteiger partial charge in [-0.25, -0.2) is 0 Å². The molecule has 136 valence electrons. The molecule has 1 aromatic heterocycles. The fourth-order valence-corrected chi connectivity index (χ4v) is 4.23. The summed E-state index contributed by atoms with van der Waals surface area (Å²) in [4.78, 5) is 1.55. The van der Waals surface area contributed by atoms with Gasteiger partial charge < -0.3 is 4.42 Å². The molecule has 2 aromatic carbocycles. The summed E-state index contributed by atoms with van der Waals surface area (Å²) in [5.74, 6) is 0.392. The maximum absolute atomic E-state index is 11.8. The summed E-state index contributed by atoms with van der Waals surface area (Å²) in [6.45, 7) is 6.46. The largest absolute Gasteiger partial charge is 0.464 e. The van der Waals surface area contributed by atoms with Crippen LogP contribution >= 0.6 is 11.8 Å². The Hall–Kier alpha value is -2.02. The van der Waals surface area contributed by atoms with Gasteiger partial charge in [-0.1, -0.05) is 44.7 Å². The van der Waals surface area contributed by atoms with Crippen molar-refractivity contribution in [1.29, 1.82) is 0 Å². The van der Waals surface area contributed by atoms with Gasteiger partial charge in [0.1, 0.15) is 10.7 Å². The molecule has 0 saturated carbocycles.